The van der Waals surface area contributed by atoms with Crippen molar-refractivity contribution in [2.24, 2.45) is 0 Å². The lowest BCUT2D eigenvalue weighted by Crippen LogP contribution is -2.25. The molecule has 0 fully saturated rings. The molecule has 1 N–H and O–H groups in total. The van der Waals surface area contributed by atoms with Crippen LogP contribution in [0.3, 0.4) is 0 Å². The van der Waals surface area contributed by atoms with Crippen LogP contribution in [0.15, 0.2) is 72.4 Å². The monoisotopic (exact) mass is 507 g/mol. The van der Waals surface area contributed by atoms with E-state index >= 15 is 0 Å². The van der Waals surface area contributed by atoms with Crippen LogP contribution in [0.4, 0.5) is 28.9 Å². The molecule has 5 nitrogen and oxygen atoms in total. The number of aliphatic hydroxyl groups excluding tert-OH is 1. The van der Waals surface area contributed by atoms with Crippen molar-refractivity contribution < 1.29 is 36.9 Å². The Bertz CT molecular complexity index is 1270. The van der Waals surface area contributed by atoms with Gasteiger partial charge in [-0.2, -0.15) is 13.2 Å². The van der Waals surface area contributed by atoms with Crippen LogP contribution in [0.25, 0.3) is 0 Å². The van der Waals surface area contributed by atoms with Crippen molar-refractivity contribution in [2.45, 2.75) is 19.2 Å². The lowest BCUT2D eigenvalue weighted by molar-refractivity contribution is -0.140. The Kier molecular flexibility index (Phi) is 6.73. The fourth-order valence-electron chi connectivity index (χ4n) is 3.54. The van der Waals surface area contributed by atoms with Gasteiger partial charge >= 0.3 is 12.1 Å². The van der Waals surface area contributed by atoms with E-state index in [1.54, 1.807) is 36.1 Å². The Balaban J connectivity index is 1.65. The van der Waals surface area contributed by atoms with Gasteiger partial charge < -0.3 is 19.5 Å². The number of carbonyl (C=O) groups is 1. The molecule has 0 saturated heterocycles. The summed E-state index contributed by atoms with van der Waals surface area (Å²) in [4.78, 5) is 13.9. The molecule has 182 valence electrons. The summed E-state index contributed by atoms with van der Waals surface area (Å²) in [6, 6.07) is 13.0. The van der Waals surface area contributed by atoms with Gasteiger partial charge in [0.15, 0.2) is 0 Å². The number of hydrogen-bond acceptors (Lipinski definition) is 5. The maximum Gasteiger partial charge on any atom is 0.416 e. The zero-order chi connectivity index (χ0) is 25.3. The fourth-order valence-corrected chi connectivity index (χ4v) is 3.70. The molecular weight excluding hydrogens is 490 g/mol. The number of anilines is 2. The summed E-state index contributed by atoms with van der Waals surface area (Å²) in [6.45, 7) is 1.70. The molecule has 0 radical (unpaired) electrons. The average Bonchev–Trinajstić information content (AvgIpc) is 2.81. The Morgan fingerprint density at radius 3 is 2.23 bits per heavy atom. The molecule has 1 unspecified atom stereocenters. The van der Waals surface area contributed by atoms with Crippen LogP contribution in [0, 0.1) is 5.82 Å². The molecule has 0 spiro atoms. The number of nitrogens with zero attached hydrogens (tertiary/aromatic N) is 1. The first kappa shape index (κ1) is 24.6. The van der Waals surface area contributed by atoms with Crippen LogP contribution in [0.5, 0.6) is 11.5 Å². The third kappa shape index (κ3) is 5.11. The quantitative estimate of drug-likeness (QED) is 0.300. The highest BCUT2D eigenvalue weighted by molar-refractivity contribution is 6.31. The van der Waals surface area contributed by atoms with Gasteiger partial charge in [0, 0.05) is 17.5 Å². The van der Waals surface area contributed by atoms with E-state index in [0.29, 0.717) is 17.1 Å². The minimum atomic E-state index is -4.44. The van der Waals surface area contributed by atoms with Crippen molar-refractivity contribution in [3.63, 3.8) is 0 Å². The summed E-state index contributed by atoms with van der Waals surface area (Å²) in [5.74, 6) is -0.954. The largest absolute Gasteiger partial charge is 0.463 e. The highest BCUT2D eigenvalue weighted by atomic mass is 35.5. The fraction of sp³-hybridized carbons (Fsp3) is 0.160. The number of halogens is 5. The number of benzene rings is 3. The van der Waals surface area contributed by atoms with Gasteiger partial charge in [-0.15, -0.1) is 0 Å². The van der Waals surface area contributed by atoms with Gasteiger partial charge in [-0.25, -0.2) is 9.18 Å². The molecule has 1 heterocycles. The summed E-state index contributed by atoms with van der Waals surface area (Å²) >= 11 is 5.96. The maximum atomic E-state index is 14.2. The van der Waals surface area contributed by atoms with Crippen molar-refractivity contribution in [1.82, 2.24) is 0 Å². The molecule has 4 rings (SSSR count). The van der Waals surface area contributed by atoms with Crippen LogP contribution in [-0.4, -0.2) is 17.7 Å². The Labute approximate surface area is 202 Å². The van der Waals surface area contributed by atoms with E-state index in [-0.39, 0.29) is 28.5 Å². The number of esters is 1. The second-order valence-corrected chi connectivity index (χ2v) is 7.93. The van der Waals surface area contributed by atoms with E-state index < -0.39 is 29.6 Å². The van der Waals surface area contributed by atoms with Gasteiger partial charge in [0.05, 0.1) is 28.5 Å². The standard InChI is InChI=1S/C25H18ClF4NO4/c1-2-34-24(33)19-13-31(22-12-20(26)21(27)11-18(22)23(19)32)15-5-9-17(10-6-15)35-16-7-3-14(4-8-16)25(28,29)30/h3-13,23,32H,2H2,1H3. The topological polar surface area (TPSA) is 59.0 Å². The van der Waals surface area contributed by atoms with Gasteiger partial charge in [-0.1, -0.05) is 11.6 Å². The lowest BCUT2D eigenvalue weighted by atomic mass is 9.95. The van der Waals surface area contributed by atoms with E-state index in [1.165, 1.54) is 24.4 Å². The molecule has 0 aliphatic carbocycles. The predicted octanol–water partition coefficient (Wildman–Crippen LogP) is 6.92. The molecular formula is C25H18ClF4NO4. The van der Waals surface area contributed by atoms with Crippen molar-refractivity contribution in [2.75, 3.05) is 11.5 Å². The van der Waals surface area contributed by atoms with E-state index in [0.717, 1.165) is 18.2 Å². The molecule has 3 aromatic carbocycles. The third-order valence-corrected chi connectivity index (χ3v) is 5.52. The predicted molar refractivity (Wildman–Crippen MR) is 121 cm³/mol. The number of aliphatic hydroxyl groups is 1. The minimum Gasteiger partial charge on any atom is -0.463 e. The number of carbonyl (C=O) groups excluding carboxylic acids is 1. The van der Waals surface area contributed by atoms with Gasteiger partial charge in [0.2, 0.25) is 0 Å². The van der Waals surface area contributed by atoms with Crippen molar-refractivity contribution in [3.05, 3.63) is 94.4 Å². The van der Waals surface area contributed by atoms with Crippen molar-refractivity contribution in [1.29, 1.82) is 0 Å². The molecule has 3 aromatic rings. The number of fused-ring (bicyclic) bond motifs is 1. The first-order chi connectivity index (χ1) is 16.6. The molecule has 1 aliphatic rings. The number of alkyl halides is 3. The van der Waals surface area contributed by atoms with Crippen LogP contribution < -0.4 is 9.64 Å². The number of rotatable bonds is 5. The first-order valence-corrected chi connectivity index (χ1v) is 10.8. The molecule has 0 amide bonds. The molecule has 1 atom stereocenters. The van der Waals surface area contributed by atoms with Crippen molar-refractivity contribution in [3.8, 4) is 11.5 Å². The highest BCUT2D eigenvalue weighted by Crippen LogP contribution is 2.43. The van der Waals surface area contributed by atoms with Crippen LogP contribution in [-0.2, 0) is 15.7 Å². The second-order valence-electron chi connectivity index (χ2n) is 7.52. The second kappa shape index (κ2) is 9.59. The third-order valence-electron chi connectivity index (χ3n) is 5.23. The zero-order valence-electron chi connectivity index (χ0n) is 18.1. The van der Waals surface area contributed by atoms with Gasteiger partial charge in [-0.3, -0.25) is 0 Å². The van der Waals surface area contributed by atoms with E-state index in [4.69, 9.17) is 21.1 Å². The zero-order valence-corrected chi connectivity index (χ0v) is 18.9. The van der Waals surface area contributed by atoms with E-state index in [9.17, 15) is 27.5 Å². The summed E-state index contributed by atoms with van der Waals surface area (Å²) in [7, 11) is 0. The summed E-state index contributed by atoms with van der Waals surface area (Å²) in [5, 5.41) is 10.5. The SMILES string of the molecule is CCOC(=O)C1=CN(c2ccc(Oc3ccc(C(F)(F)F)cc3)cc2)c2cc(Cl)c(F)cc2C1O. The van der Waals surface area contributed by atoms with E-state index in [1.807, 2.05) is 0 Å². The highest BCUT2D eigenvalue weighted by Gasteiger charge is 2.33. The van der Waals surface area contributed by atoms with Gasteiger partial charge in [0.1, 0.15) is 23.4 Å². The molecule has 35 heavy (non-hydrogen) atoms. The average molecular weight is 508 g/mol. The Morgan fingerprint density at radius 2 is 1.66 bits per heavy atom. The normalized spacial score (nSPS) is 15.3. The summed E-state index contributed by atoms with van der Waals surface area (Å²) in [5.41, 5.74) is 0.120. The molecule has 10 heteroatoms. The van der Waals surface area contributed by atoms with Gasteiger partial charge in [0.25, 0.3) is 0 Å². The Hall–Kier alpha value is -3.56. The minimum absolute atomic E-state index is 0.0840. The number of ether oxygens (including phenoxy) is 2. The Morgan fingerprint density at radius 1 is 1.06 bits per heavy atom. The summed E-state index contributed by atoms with van der Waals surface area (Å²) < 4.78 is 63.0. The molecule has 1 aliphatic heterocycles. The molecule has 0 bridgehead atoms. The smallest absolute Gasteiger partial charge is 0.416 e. The summed E-state index contributed by atoms with van der Waals surface area (Å²) in [6.07, 6.45) is -4.49. The van der Waals surface area contributed by atoms with Crippen LogP contribution in [0.2, 0.25) is 5.02 Å². The molecule has 0 aromatic heterocycles. The van der Waals surface area contributed by atoms with Gasteiger partial charge in [-0.05, 0) is 67.6 Å². The lowest BCUT2D eigenvalue weighted by Gasteiger charge is -2.32. The van der Waals surface area contributed by atoms with E-state index in [2.05, 4.69) is 0 Å². The molecule has 0 saturated carbocycles. The van der Waals surface area contributed by atoms with Crippen LogP contribution in [0.1, 0.15) is 24.2 Å². The maximum absolute atomic E-state index is 14.2. The van der Waals surface area contributed by atoms with Crippen LogP contribution >= 0.6 is 11.6 Å². The first-order valence-electron chi connectivity index (χ1n) is 10.4. The number of hydrogen-bond donors (Lipinski definition) is 1. The van der Waals surface area contributed by atoms with Crippen molar-refractivity contribution >= 4 is 28.9 Å².